The first-order valence-corrected chi connectivity index (χ1v) is 10.4. The number of hydrogen-bond donors (Lipinski definition) is 1. The summed E-state index contributed by atoms with van der Waals surface area (Å²) in [5.74, 6) is 0. The highest BCUT2D eigenvalue weighted by molar-refractivity contribution is 4.60. The minimum atomic E-state index is -1.16. The van der Waals surface area contributed by atoms with E-state index in [-0.39, 0.29) is 25.9 Å². The van der Waals surface area contributed by atoms with Gasteiger partial charge in [-0.2, -0.15) is 0 Å². The van der Waals surface area contributed by atoms with Gasteiger partial charge >= 0.3 is 0 Å². The molecule has 0 bridgehead atoms. The molecule has 0 rings (SSSR count). The molecule has 0 heterocycles. The summed E-state index contributed by atoms with van der Waals surface area (Å²) in [6.07, 6.45) is -2.01. The number of aliphatic hydroxyl groups excluding tert-OH is 1. The monoisotopic (exact) mass is 458 g/mol. The third-order valence-corrected chi connectivity index (χ3v) is 3.77. The highest BCUT2D eigenvalue weighted by Gasteiger charge is 2.18. The summed E-state index contributed by atoms with van der Waals surface area (Å²) in [5, 5.41) is 10.3. The van der Waals surface area contributed by atoms with Crippen molar-refractivity contribution < 1.29 is 52.5 Å². The molecule has 0 aromatic carbocycles. The molecule has 1 atom stereocenters. The van der Waals surface area contributed by atoms with Gasteiger partial charge in [0.1, 0.15) is 12.2 Å². The third-order valence-electron chi connectivity index (χ3n) is 3.77. The molecule has 0 aromatic heterocycles. The molecule has 0 radical (unpaired) electrons. The molecule has 31 heavy (non-hydrogen) atoms. The average molecular weight is 459 g/mol. The van der Waals surface area contributed by atoms with E-state index < -0.39 is 12.4 Å². The van der Waals surface area contributed by atoms with Gasteiger partial charge in [-0.1, -0.05) is 0 Å². The summed E-state index contributed by atoms with van der Waals surface area (Å²) >= 11 is 0. The summed E-state index contributed by atoms with van der Waals surface area (Å²) in [6, 6.07) is 0. The van der Waals surface area contributed by atoms with E-state index in [0.717, 1.165) is 0 Å². The van der Waals surface area contributed by atoms with Gasteiger partial charge in [0.2, 0.25) is 0 Å². The van der Waals surface area contributed by atoms with Crippen molar-refractivity contribution in [1.82, 2.24) is 0 Å². The van der Waals surface area contributed by atoms with Crippen molar-refractivity contribution in [2.24, 2.45) is 0 Å². The molecule has 0 aliphatic heterocycles. The summed E-state index contributed by atoms with van der Waals surface area (Å²) in [5.41, 5.74) is 0. The standard InChI is InChI=1S/C20H42O11/c1-22-5-9-26-13-18(14-27-10-6-23-2)30-17-20(21)31-19(15-28-11-7-24-3)16-29-12-8-25-4/h18-21H,5-17H2,1-4H3. The Hall–Kier alpha value is -0.440. The molecular weight excluding hydrogens is 416 g/mol. The molecule has 11 heteroatoms. The van der Waals surface area contributed by atoms with Crippen molar-refractivity contribution in [1.29, 1.82) is 0 Å². The van der Waals surface area contributed by atoms with Crippen LogP contribution in [-0.4, -0.2) is 138 Å². The zero-order valence-corrected chi connectivity index (χ0v) is 19.5. The Morgan fingerprint density at radius 1 is 0.484 bits per heavy atom. The van der Waals surface area contributed by atoms with E-state index >= 15 is 0 Å². The van der Waals surface area contributed by atoms with Gasteiger partial charge in [-0.3, -0.25) is 0 Å². The van der Waals surface area contributed by atoms with Crippen LogP contribution < -0.4 is 0 Å². The highest BCUT2D eigenvalue weighted by Crippen LogP contribution is 2.04. The Morgan fingerprint density at radius 3 is 1.19 bits per heavy atom. The van der Waals surface area contributed by atoms with E-state index in [9.17, 15) is 5.11 Å². The number of aliphatic hydroxyl groups is 1. The maximum absolute atomic E-state index is 10.3. The fourth-order valence-corrected chi connectivity index (χ4v) is 2.18. The van der Waals surface area contributed by atoms with Crippen molar-refractivity contribution >= 4 is 0 Å². The lowest BCUT2D eigenvalue weighted by molar-refractivity contribution is -0.203. The van der Waals surface area contributed by atoms with Crippen molar-refractivity contribution in [2.75, 3.05) is 114 Å². The lowest BCUT2D eigenvalue weighted by atomic mass is 10.4. The van der Waals surface area contributed by atoms with Gasteiger partial charge in [-0.25, -0.2) is 0 Å². The molecule has 0 saturated heterocycles. The summed E-state index contributed by atoms with van der Waals surface area (Å²) in [4.78, 5) is 0. The summed E-state index contributed by atoms with van der Waals surface area (Å²) in [7, 11) is 6.40. The second-order valence-electron chi connectivity index (χ2n) is 6.44. The fraction of sp³-hybridized carbons (Fsp3) is 1.00. The molecule has 0 aliphatic carbocycles. The van der Waals surface area contributed by atoms with Crippen LogP contribution >= 0.6 is 0 Å². The molecule has 0 amide bonds. The molecule has 0 aromatic rings. The predicted octanol–water partition coefficient (Wildman–Crippen LogP) is -0.273. The Labute approximate surface area is 186 Å². The second kappa shape index (κ2) is 24.2. The molecule has 1 unspecified atom stereocenters. The molecule has 188 valence electrons. The topological polar surface area (TPSA) is 113 Å². The van der Waals surface area contributed by atoms with Gasteiger partial charge in [0, 0.05) is 28.4 Å². The van der Waals surface area contributed by atoms with Gasteiger partial charge in [0.25, 0.3) is 0 Å². The van der Waals surface area contributed by atoms with Crippen molar-refractivity contribution in [2.45, 2.75) is 18.5 Å². The predicted molar refractivity (Wildman–Crippen MR) is 111 cm³/mol. The molecule has 0 saturated carbocycles. The largest absolute Gasteiger partial charge is 0.382 e. The average Bonchev–Trinajstić information content (AvgIpc) is 2.77. The summed E-state index contributed by atoms with van der Waals surface area (Å²) in [6.45, 7) is 4.65. The SMILES string of the molecule is COCCOCC(COCCOC)OCC(O)OC(COCCOC)COCCOC. The number of ether oxygens (including phenoxy) is 10. The summed E-state index contributed by atoms with van der Waals surface area (Å²) < 4.78 is 53.2. The third kappa shape index (κ3) is 21.2. The number of methoxy groups -OCH3 is 4. The van der Waals surface area contributed by atoms with Crippen molar-refractivity contribution in [3.05, 3.63) is 0 Å². The van der Waals surface area contributed by atoms with Gasteiger partial charge < -0.3 is 52.5 Å². The minimum absolute atomic E-state index is 0.0570. The normalized spacial score (nSPS) is 12.9. The quantitative estimate of drug-likeness (QED) is 0.144. The van der Waals surface area contributed by atoms with Crippen molar-refractivity contribution in [3.8, 4) is 0 Å². The Balaban J connectivity index is 4.39. The number of hydrogen-bond acceptors (Lipinski definition) is 11. The van der Waals surface area contributed by atoms with E-state index in [2.05, 4.69) is 0 Å². The lowest BCUT2D eigenvalue weighted by Gasteiger charge is -2.24. The Bertz CT molecular complexity index is 325. The van der Waals surface area contributed by atoms with Crippen LogP contribution in [0, 0.1) is 0 Å². The van der Waals surface area contributed by atoms with Crippen LogP contribution in [0.3, 0.4) is 0 Å². The first kappa shape index (κ1) is 30.6. The van der Waals surface area contributed by atoms with Crippen LogP contribution in [0.2, 0.25) is 0 Å². The maximum atomic E-state index is 10.3. The first-order chi connectivity index (χ1) is 15.2. The molecule has 1 N–H and O–H groups in total. The Kier molecular flexibility index (Phi) is 23.9. The number of rotatable bonds is 25. The molecular formula is C20H42O11. The van der Waals surface area contributed by atoms with Gasteiger partial charge in [0.05, 0.1) is 85.9 Å². The first-order valence-electron chi connectivity index (χ1n) is 10.4. The maximum Gasteiger partial charge on any atom is 0.178 e. The lowest BCUT2D eigenvalue weighted by Crippen LogP contribution is -2.36. The molecule has 0 fully saturated rings. The highest BCUT2D eigenvalue weighted by atomic mass is 16.7. The van der Waals surface area contributed by atoms with Crippen LogP contribution in [0.25, 0.3) is 0 Å². The zero-order valence-electron chi connectivity index (χ0n) is 19.5. The van der Waals surface area contributed by atoms with Crippen LogP contribution in [0.1, 0.15) is 0 Å². The zero-order chi connectivity index (χ0) is 23.0. The second-order valence-corrected chi connectivity index (χ2v) is 6.44. The van der Waals surface area contributed by atoms with Crippen LogP contribution in [0.4, 0.5) is 0 Å². The van der Waals surface area contributed by atoms with Gasteiger partial charge in [-0.05, 0) is 0 Å². The van der Waals surface area contributed by atoms with Gasteiger partial charge in [0.15, 0.2) is 6.29 Å². The van der Waals surface area contributed by atoms with Crippen molar-refractivity contribution in [3.63, 3.8) is 0 Å². The minimum Gasteiger partial charge on any atom is -0.382 e. The Morgan fingerprint density at radius 2 is 0.839 bits per heavy atom. The van der Waals surface area contributed by atoms with Gasteiger partial charge in [-0.15, -0.1) is 0 Å². The van der Waals surface area contributed by atoms with Crippen LogP contribution in [-0.2, 0) is 47.4 Å². The molecule has 0 aliphatic rings. The van der Waals surface area contributed by atoms with E-state index in [1.807, 2.05) is 0 Å². The fourth-order valence-electron chi connectivity index (χ4n) is 2.18. The van der Waals surface area contributed by atoms with E-state index in [0.29, 0.717) is 66.1 Å². The van der Waals surface area contributed by atoms with Crippen LogP contribution in [0.15, 0.2) is 0 Å². The van der Waals surface area contributed by atoms with E-state index in [1.54, 1.807) is 28.4 Å². The molecule has 0 spiro atoms. The van der Waals surface area contributed by atoms with Crippen LogP contribution in [0.5, 0.6) is 0 Å². The smallest absolute Gasteiger partial charge is 0.178 e. The molecule has 11 nitrogen and oxygen atoms in total. The van der Waals surface area contributed by atoms with E-state index in [4.69, 9.17) is 47.4 Å². The van der Waals surface area contributed by atoms with E-state index in [1.165, 1.54) is 0 Å².